The first-order valence-corrected chi connectivity index (χ1v) is 9.98. The Balaban J connectivity index is 1.38. The molecule has 1 amide bonds. The molecule has 1 aromatic heterocycles. The standard InChI is InChI=1S/C20H24F3N5O/c21-15-9-17(23)16(22)7-13(15)6-14(24)8-19(29)28-5-1-2-18(28)20-25-11-27(26-20)10-12-3-4-12/h7,9,11-12,14,18H,1-6,8,10,24H2/t14?,18-/m0/s1. The van der Waals surface area contributed by atoms with E-state index >= 15 is 0 Å². The number of amides is 1. The van der Waals surface area contributed by atoms with Gasteiger partial charge in [-0.25, -0.2) is 18.2 Å². The lowest BCUT2D eigenvalue weighted by Crippen LogP contribution is -2.37. The van der Waals surface area contributed by atoms with Crippen LogP contribution < -0.4 is 5.73 Å². The Morgan fingerprint density at radius 1 is 1.17 bits per heavy atom. The van der Waals surface area contributed by atoms with Crippen molar-refractivity contribution in [3.63, 3.8) is 0 Å². The van der Waals surface area contributed by atoms with Gasteiger partial charge in [-0.05, 0) is 49.7 Å². The van der Waals surface area contributed by atoms with Gasteiger partial charge >= 0.3 is 0 Å². The summed E-state index contributed by atoms with van der Waals surface area (Å²) in [6.45, 7) is 1.45. The molecule has 1 saturated carbocycles. The average Bonchev–Trinajstić information content (AvgIpc) is 3.15. The minimum Gasteiger partial charge on any atom is -0.332 e. The van der Waals surface area contributed by atoms with Crippen LogP contribution in [0, 0.1) is 23.4 Å². The maximum absolute atomic E-state index is 13.8. The molecule has 2 N–H and O–H groups in total. The lowest BCUT2D eigenvalue weighted by molar-refractivity contribution is -0.132. The normalized spacial score (nSPS) is 20.3. The van der Waals surface area contributed by atoms with Crippen LogP contribution in [-0.4, -0.2) is 38.2 Å². The molecular formula is C20H24F3N5O. The second-order valence-electron chi connectivity index (χ2n) is 8.04. The van der Waals surface area contributed by atoms with Gasteiger partial charge in [-0.15, -0.1) is 0 Å². The lowest BCUT2D eigenvalue weighted by Gasteiger charge is -2.24. The molecule has 6 nitrogen and oxygen atoms in total. The zero-order valence-corrected chi connectivity index (χ0v) is 16.0. The van der Waals surface area contributed by atoms with E-state index in [1.54, 1.807) is 11.2 Å². The van der Waals surface area contributed by atoms with Crippen molar-refractivity contribution in [2.45, 2.75) is 57.2 Å². The fourth-order valence-electron chi connectivity index (χ4n) is 3.86. The Morgan fingerprint density at radius 3 is 2.69 bits per heavy atom. The summed E-state index contributed by atoms with van der Waals surface area (Å²) < 4.78 is 42.1. The third-order valence-corrected chi connectivity index (χ3v) is 5.58. The number of likely N-dealkylation sites (tertiary alicyclic amines) is 1. The smallest absolute Gasteiger partial charge is 0.224 e. The summed E-state index contributed by atoms with van der Waals surface area (Å²) in [7, 11) is 0. The van der Waals surface area contributed by atoms with Crippen molar-refractivity contribution in [3.8, 4) is 0 Å². The van der Waals surface area contributed by atoms with Gasteiger partial charge in [-0.1, -0.05) is 0 Å². The highest BCUT2D eigenvalue weighted by Crippen LogP contribution is 2.32. The van der Waals surface area contributed by atoms with E-state index in [1.165, 1.54) is 12.8 Å². The van der Waals surface area contributed by atoms with Gasteiger partial charge in [0, 0.05) is 31.6 Å². The minimum atomic E-state index is -1.25. The summed E-state index contributed by atoms with van der Waals surface area (Å²) in [6.07, 6.45) is 5.72. The third-order valence-electron chi connectivity index (χ3n) is 5.58. The molecule has 1 unspecified atom stereocenters. The van der Waals surface area contributed by atoms with Crippen LogP contribution in [0.1, 0.15) is 49.5 Å². The van der Waals surface area contributed by atoms with Gasteiger partial charge in [0.2, 0.25) is 5.91 Å². The van der Waals surface area contributed by atoms with E-state index in [2.05, 4.69) is 10.1 Å². The van der Waals surface area contributed by atoms with Gasteiger partial charge in [-0.3, -0.25) is 9.48 Å². The number of nitrogens with zero attached hydrogens (tertiary/aromatic N) is 4. The number of nitrogens with two attached hydrogens (primary N) is 1. The fraction of sp³-hybridized carbons (Fsp3) is 0.550. The van der Waals surface area contributed by atoms with Crippen molar-refractivity contribution < 1.29 is 18.0 Å². The molecule has 4 rings (SSSR count). The van der Waals surface area contributed by atoms with Crippen molar-refractivity contribution >= 4 is 5.91 Å². The molecule has 2 aliphatic rings. The number of carbonyl (C=O) groups excluding carboxylic acids is 1. The van der Waals surface area contributed by atoms with Crippen molar-refractivity contribution in [3.05, 3.63) is 47.3 Å². The molecule has 0 bridgehead atoms. The van der Waals surface area contributed by atoms with Gasteiger partial charge in [-0.2, -0.15) is 5.10 Å². The van der Waals surface area contributed by atoms with Crippen LogP contribution >= 0.6 is 0 Å². The fourth-order valence-corrected chi connectivity index (χ4v) is 3.86. The highest BCUT2D eigenvalue weighted by molar-refractivity contribution is 5.77. The molecule has 29 heavy (non-hydrogen) atoms. The Hall–Kier alpha value is -2.42. The molecule has 1 aromatic carbocycles. The second-order valence-corrected chi connectivity index (χ2v) is 8.04. The molecule has 1 aliphatic carbocycles. The van der Waals surface area contributed by atoms with Gasteiger partial charge in [0.1, 0.15) is 12.1 Å². The highest BCUT2D eigenvalue weighted by atomic mass is 19.2. The first kappa shape index (κ1) is 19.9. The Labute approximate surface area is 166 Å². The van der Waals surface area contributed by atoms with Crippen molar-refractivity contribution in [1.82, 2.24) is 19.7 Å². The monoisotopic (exact) mass is 407 g/mol. The molecule has 0 radical (unpaired) electrons. The van der Waals surface area contributed by atoms with Crippen LogP contribution in [0.4, 0.5) is 13.2 Å². The summed E-state index contributed by atoms with van der Waals surface area (Å²) >= 11 is 0. The Morgan fingerprint density at radius 2 is 1.93 bits per heavy atom. The number of halogens is 3. The highest BCUT2D eigenvalue weighted by Gasteiger charge is 2.33. The minimum absolute atomic E-state index is 0.0162. The third kappa shape index (κ3) is 4.60. The molecule has 156 valence electrons. The molecule has 2 aromatic rings. The van der Waals surface area contributed by atoms with E-state index in [0.717, 1.165) is 25.5 Å². The maximum atomic E-state index is 13.8. The summed E-state index contributed by atoms with van der Waals surface area (Å²) in [4.78, 5) is 18.9. The summed E-state index contributed by atoms with van der Waals surface area (Å²) in [5, 5.41) is 4.54. The zero-order chi connectivity index (χ0) is 20.5. The maximum Gasteiger partial charge on any atom is 0.224 e. The van der Waals surface area contributed by atoms with E-state index in [1.807, 2.05) is 4.68 Å². The van der Waals surface area contributed by atoms with E-state index in [-0.39, 0.29) is 30.4 Å². The number of rotatable bonds is 7. The number of aromatic nitrogens is 3. The first-order valence-electron chi connectivity index (χ1n) is 9.98. The molecule has 1 aliphatic heterocycles. The molecule has 2 fully saturated rings. The van der Waals surface area contributed by atoms with Gasteiger partial charge in [0.25, 0.3) is 0 Å². The van der Waals surface area contributed by atoms with Crippen molar-refractivity contribution in [2.75, 3.05) is 6.54 Å². The summed E-state index contributed by atoms with van der Waals surface area (Å²) in [5.41, 5.74) is 5.98. The zero-order valence-electron chi connectivity index (χ0n) is 16.0. The second kappa shape index (κ2) is 8.14. The lowest BCUT2D eigenvalue weighted by atomic mass is 10.0. The molecule has 2 atom stereocenters. The van der Waals surface area contributed by atoms with E-state index < -0.39 is 23.5 Å². The van der Waals surface area contributed by atoms with Crippen LogP contribution in [0.15, 0.2) is 18.5 Å². The molecule has 0 spiro atoms. The molecular weight excluding hydrogens is 383 g/mol. The van der Waals surface area contributed by atoms with Crippen LogP contribution in [0.5, 0.6) is 0 Å². The largest absolute Gasteiger partial charge is 0.332 e. The Kier molecular flexibility index (Phi) is 5.58. The molecule has 2 heterocycles. The SMILES string of the molecule is NC(CC(=O)N1CCC[C@H]1c1ncn(CC2CC2)n1)Cc1cc(F)c(F)cc1F. The summed E-state index contributed by atoms with van der Waals surface area (Å²) in [5.74, 6) is -2.09. The van der Waals surface area contributed by atoms with E-state index in [0.29, 0.717) is 24.4 Å². The van der Waals surface area contributed by atoms with Crippen LogP contribution in [0.2, 0.25) is 0 Å². The van der Waals surface area contributed by atoms with Crippen LogP contribution in [0.3, 0.4) is 0 Å². The summed E-state index contributed by atoms with van der Waals surface area (Å²) in [6, 6.07) is 0.405. The topological polar surface area (TPSA) is 77.0 Å². The average molecular weight is 407 g/mol. The predicted octanol–water partition coefficient (Wildman–Crippen LogP) is 2.73. The quantitative estimate of drug-likeness (QED) is 0.716. The van der Waals surface area contributed by atoms with E-state index in [9.17, 15) is 18.0 Å². The molecule has 9 heteroatoms. The number of carbonyl (C=O) groups is 1. The van der Waals surface area contributed by atoms with Crippen molar-refractivity contribution in [2.24, 2.45) is 11.7 Å². The van der Waals surface area contributed by atoms with Gasteiger partial charge in [0.05, 0.1) is 6.04 Å². The number of hydrogen-bond acceptors (Lipinski definition) is 4. The molecule has 1 saturated heterocycles. The number of benzene rings is 1. The van der Waals surface area contributed by atoms with Gasteiger partial charge < -0.3 is 10.6 Å². The van der Waals surface area contributed by atoms with Gasteiger partial charge in [0.15, 0.2) is 17.5 Å². The first-order chi connectivity index (χ1) is 13.9. The Bertz CT molecular complexity index is 898. The van der Waals surface area contributed by atoms with Crippen LogP contribution in [0.25, 0.3) is 0 Å². The van der Waals surface area contributed by atoms with Crippen molar-refractivity contribution in [1.29, 1.82) is 0 Å². The predicted molar refractivity (Wildman–Crippen MR) is 99.0 cm³/mol. The van der Waals surface area contributed by atoms with Crippen LogP contribution in [-0.2, 0) is 17.8 Å². The number of hydrogen-bond donors (Lipinski definition) is 1. The van der Waals surface area contributed by atoms with E-state index in [4.69, 9.17) is 5.73 Å².